The number of sulfonamides is 1. The lowest BCUT2D eigenvalue weighted by atomic mass is 10.3. The lowest BCUT2D eigenvalue weighted by molar-refractivity contribution is 0.308. The fraction of sp³-hybridized carbons (Fsp3) is 0.538. The Morgan fingerprint density at radius 3 is 2.37 bits per heavy atom. The first-order chi connectivity index (χ1) is 8.95. The van der Waals surface area contributed by atoms with Crippen LogP contribution in [0.4, 0.5) is 0 Å². The van der Waals surface area contributed by atoms with Gasteiger partial charge in [-0.15, -0.1) is 0 Å². The van der Waals surface area contributed by atoms with Crippen LogP contribution >= 0.6 is 0 Å². The number of rotatable bonds is 8. The van der Waals surface area contributed by atoms with Gasteiger partial charge in [-0.2, -0.15) is 0 Å². The lowest BCUT2D eigenvalue weighted by Crippen LogP contribution is -2.27. The Morgan fingerprint density at radius 2 is 1.84 bits per heavy atom. The quantitative estimate of drug-likeness (QED) is 0.708. The molecule has 1 aromatic rings. The molecule has 1 rings (SSSR count). The average Bonchev–Trinajstić information content (AvgIpc) is 2.35. The summed E-state index contributed by atoms with van der Waals surface area (Å²) in [7, 11) is -3.38. The van der Waals surface area contributed by atoms with Crippen LogP contribution in [0.2, 0.25) is 0 Å². The fourth-order valence-electron chi connectivity index (χ4n) is 1.50. The van der Waals surface area contributed by atoms with Gasteiger partial charge < -0.3 is 10.1 Å². The summed E-state index contributed by atoms with van der Waals surface area (Å²) in [5.74, 6) is 0.668. The van der Waals surface area contributed by atoms with Crippen LogP contribution in [0.5, 0.6) is 5.75 Å². The van der Waals surface area contributed by atoms with Crippen LogP contribution < -0.4 is 14.8 Å². The van der Waals surface area contributed by atoms with E-state index in [0.717, 1.165) is 6.54 Å². The number of hydrogen-bond donors (Lipinski definition) is 2. The van der Waals surface area contributed by atoms with Crippen LogP contribution in [-0.2, 0) is 10.0 Å². The lowest BCUT2D eigenvalue weighted by Gasteiger charge is -2.10. The van der Waals surface area contributed by atoms with Gasteiger partial charge in [-0.25, -0.2) is 13.1 Å². The molecule has 0 heterocycles. The van der Waals surface area contributed by atoms with Gasteiger partial charge >= 0.3 is 0 Å². The van der Waals surface area contributed by atoms with Gasteiger partial charge in [0.1, 0.15) is 12.4 Å². The SMILES string of the molecule is CCNS(=O)(=O)c1ccc(OCCNC(C)C)cc1. The molecule has 0 unspecified atom stereocenters. The summed E-state index contributed by atoms with van der Waals surface area (Å²) in [6.45, 7) is 7.57. The molecule has 108 valence electrons. The maximum absolute atomic E-state index is 11.7. The summed E-state index contributed by atoms with van der Waals surface area (Å²) in [4.78, 5) is 0.252. The van der Waals surface area contributed by atoms with Crippen LogP contribution in [0.1, 0.15) is 20.8 Å². The zero-order valence-corrected chi connectivity index (χ0v) is 12.5. The molecule has 0 amide bonds. The summed E-state index contributed by atoms with van der Waals surface area (Å²) in [5, 5.41) is 3.24. The monoisotopic (exact) mass is 286 g/mol. The van der Waals surface area contributed by atoms with Crippen molar-refractivity contribution >= 4 is 10.0 Å². The molecule has 0 aliphatic carbocycles. The van der Waals surface area contributed by atoms with Crippen molar-refractivity contribution in [3.05, 3.63) is 24.3 Å². The topological polar surface area (TPSA) is 67.4 Å². The average molecular weight is 286 g/mol. The second-order valence-electron chi connectivity index (χ2n) is 4.43. The number of hydrogen-bond acceptors (Lipinski definition) is 4. The highest BCUT2D eigenvalue weighted by Crippen LogP contribution is 2.15. The molecule has 1 aromatic carbocycles. The minimum Gasteiger partial charge on any atom is -0.492 e. The van der Waals surface area contributed by atoms with Crippen molar-refractivity contribution in [2.24, 2.45) is 0 Å². The number of nitrogens with one attached hydrogen (secondary N) is 2. The molecule has 0 saturated carbocycles. The molecule has 0 saturated heterocycles. The molecule has 0 aliphatic rings. The van der Waals surface area contributed by atoms with E-state index in [1.54, 1.807) is 31.2 Å². The summed E-state index contributed by atoms with van der Waals surface area (Å²) in [6.07, 6.45) is 0. The molecule has 2 N–H and O–H groups in total. The predicted octanol–water partition coefficient (Wildman–Crippen LogP) is 1.36. The third kappa shape index (κ3) is 5.59. The highest BCUT2D eigenvalue weighted by Gasteiger charge is 2.11. The van der Waals surface area contributed by atoms with Crippen LogP contribution in [0, 0.1) is 0 Å². The van der Waals surface area contributed by atoms with Gasteiger partial charge in [0.25, 0.3) is 0 Å². The minimum atomic E-state index is -3.38. The van der Waals surface area contributed by atoms with Crippen molar-refractivity contribution in [3.63, 3.8) is 0 Å². The van der Waals surface area contributed by atoms with Crippen molar-refractivity contribution in [1.29, 1.82) is 0 Å². The van der Waals surface area contributed by atoms with E-state index >= 15 is 0 Å². The highest BCUT2D eigenvalue weighted by atomic mass is 32.2. The van der Waals surface area contributed by atoms with Crippen LogP contribution in [0.3, 0.4) is 0 Å². The van der Waals surface area contributed by atoms with E-state index in [0.29, 0.717) is 24.9 Å². The van der Waals surface area contributed by atoms with Crippen LogP contribution in [0.15, 0.2) is 29.2 Å². The second kappa shape index (κ2) is 7.47. The normalized spacial score (nSPS) is 11.8. The van der Waals surface area contributed by atoms with Crippen molar-refractivity contribution in [2.75, 3.05) is 19.7 Å². The summed E-state index contributed by atoms with van der Waals surface area (Å²) in [6, 6.07) is 6.85. The predicted molar refractivity (Wildman–Crippen MR) is 75.9 cm³/mol. The van der Waals surface area contributed by atoms with E-state index in [-0.39, 0.29) is 4.90 Å². The molecule has 6 heteroatoms. The fourth-order valence-corrected chi connectivity index (χ4v) is 2.55. The maximum atomic E-state index is 11.7. The first kappa shape index (κ1) is 15.9. The molecule has 0 aliphatic heterocycles. The summed E-state index contributed by atoms with van der Waals surface area (Å²) in [5.41, 5.74) is 0. The molecular formula is C13H22N2O3S. The van der Waals surface area contributed by atoms with Gasteiger partial charge in [-0.05, 0) is 24.3 Å². The Bertz CT molecular complexity index is 469. The second-order valence-corrected chi connectivity index (χ2v) is 6.20. The van der Waals surface area contributed by atoms with Gasteiger partial charge in [0, 0.05) is 19.1 Å². The molecule has 0 bridgehead atoms. The zero-order chi connectivity index (χ0) is 14.3. The first-order valence-electron chi connectivity index (χ1n) is 6.41. The number of benzene rings is 1. The van der Waals surface area contributed by atoms with Gasteiger partial charge in [0.2, 0.25) is 10.0 Å². The number of ether oxygens (including phenoxy) is 1. The molecule has 5 nitrogen and oxygen atoms in total. The third-order valence-electron chi connectivity index (χ3n) is 2.39. The van der Waals surface area contributed by atoms with Crippen molar-refractivity contribution in [2.45, 2.75) is 31.7 Å². The summed E-state index contributed by atoms with van der Waals surface area (Å²) < 4.78 is 31.4. The molecule has 19 heavy (non-hydrogen) atoms. The Morgan fingerprint density at radius 1 is 1.21 bits per heavy atom. The van der Waals surface area contributed by atoms with Gasteiger partial charge in [-0.3, -0.25) is 0 Å². The maximum Gasteiger partial charge on any atom is 0.240 e. The van der Waals surface area contributed by atoms with Gasteiger partial charge in [0.05, 0.1) is 4.90 Å². The van der Waals surface area contributed by atoms with Crippen molar-refractivity contribution in [3.8, 4) is 5.75 Å². The summed E-state index contributed by atoms with van der Waals surface area (Å²) >= 11 is 0. The third-order valence-corrected chi connectivity index (χ3v) is 3.95. The van der Waals surface area contributed by atoms with E-state index in [4.69, 9.17) is 4.74 Å². The highest BCUT2D eigenvalue weighted by molar-refractivity contribution is 7.89. The largest absolute Gasteiger partial charge is 0.492 e. The minimum absolute atomic E-state index is 0.252. The first-order valence-corrected chi connectivity index (χ1v) is 7.90. The van der Waals surface area contributed by atoms with E-state index in [1.165, 1.54) is 0 Å². The standard InChI is InChI=1S/C13H22N2O3S/c1-4-15-19(16,17)13-7-5-12(6-8-13)18-10-9-14-11(2)3/h5-8,11,14-15H,4,9-10H2,1-3H3. The molecule has 0 atom stereocenters. The van der Waals surface area contributed by atoms with Crippen molar-refractivity contribution in [1.82, 2.24) is 10.0 Å². The van der Waals surface area contributed by atoms with E-state index in [1.807, 2.05) is 0 Å². The van der Waals surface area contributed by atoms with Gasteiger partial charge in [-0.1, -0.05) is 20.8 Å². The Labute approximate surface area is 115 Å². The Balaban J connectivity index is 2.52. The van der Waals surface area contributed by atoms with Crippen LogP contribution in [0.25, 0.3) is 0 Å². The van der Waals surface area contributed by atoms with Crippen LogP contribution in [-0.4, -0.2) is 34.2 Å². The Kier molecular flexibility index (Phi) is 6.27. The molecular weight excluding hydrogens is 264 g/mol. The van der Waals surface area contributed by atoms with Gasteiger partial charge in [0.15, 0.2) is 0 Å². The van der Waals surface area contributed by atoms with E-state index in [9.17, 15) is 8.42 Å². The molecule has 0 aromatic heterocycles. The molecule has 0 fully saturated rings. The molecule has 0 spiro atoms. The molecule has 0 radical (unpaired) electrons. The zero-order valence-electron chi connectivity index (χ0n) is 11.6. The smallest absolute Gasteiger partial charge is 0.240 e. The van der Waals surface area contributed by atoms with Crippen molar-refractivity contribution < 1.29 is 13.2 Å². The Hall–Kier alpha value is -1.11. The van der Waals surface area contributed by atoms with E-state index < -0.39 is 10.0 Å². The van der Waals surface area contributed by atoms with E-state index in [2.05, 4.69) is 23.9 Å².